The number of para-hydroxylation sites is 1. The molecule has 0 amide bonds. The molecule has 0 bridgehead atoms. The largest absolute Gasteiger partial charge is 0.487 e. The Bertz CT molecular complexity index is 548. The van der Waals surface area contributed by atoms with Gasteiger partial charge in [0, 0.05) is 28.9 Å². The number of benzene rings is 1. The summed E-state index contributed by atoms with van der Waals surface area (Å²) in [5.41, 5.74) is 2.01. The molecule has 0 fully saturated rings. The summed E-state index contributed by atoms with van der Waals surface area (Å²) in [6, 6.07) is 7.80. The Kier molecular flexibility index (Phi) is 5.03. The molecular weight excluding hydrogens is 381 g/mol. The summed E-state index contributed by atoms with van der Waals surface area (Å²) < 4.78 is 6.77. The molecule has 1 heterocycles. The topological polar surface area (TPSA) is 22.1 Å². The fraction of sp³-hybridized carbons (Fsp3) is 0.154. The van der Waals surface area contributed by atoms with Crippen LogP contribution < -0.4 is 4.74 Å². The highest BCUT2D eigenvalue weighted by Crippen LogP contribution is 2.31. The highest BCUT2D eigenvalue weighted by molar-refractivity contribution is 9.10. The van der Waals surface area contributed by atoms with Crippen LogP contribution in [0.5, 0.6) is 5.75 Å². The Morgan fingerprint density at radius 1 is 1.22 bits per heavy atom. The number of alkyl halides is 1. The van der Waals surface area contributed by atoms with Gasteiger partial charge in [0.1, 0.15) is 12.4 Å². The minimum absolute atomic E-state index is 0.421. The van der Waals surface area contributed by atoms with Gasteiger partial charge in [0.15, 0.2) is 0 Å². The summed E-state index contributed by atoms with van der Waals surface area (Å²) in [4.78, 5) is 3.95. The molecular formula is C13H10Br2ClNO. The molecule has 1 aromatic carbocycles. The summed E-state index contributed by atoms with van der Waals surface area (Å²) in [5, 5.41) is 1.36. The number of aromatic nitrogens is 1. The van der Waals surface area contributed by atoms with Crippen LogP contribution in [0.25, 0.3) is 0 Å². The first-order valence-corrected chi connectivity index (χ1v) is 7.56. The molecule has 2 nitrogen and oxygen atoms in total. The van der Waals surface area contributed by atoms with Gasteiger partial charge in [-0.3, -0.25) is 4.98 Å². The summed E-state index contributed by atoms with van der Waals surface area (Å²) in [5.74, 6) is 0.835. The minimum atomic E-state index is 0.421. The third-order valence-corrected chi connectivity index (χ3v) is 3.99. The van der Waals surface area contributed by atoms with Gasteiger partial charge in [-0.15, -0.1) is 0 Å². The van der Waals surface area contributed by atoms with Gasteiger partial charge in [-0.05, 0) is 28.1 Å². The van der Waals surface area contributed by atoms with Crippen LogP contribution in [0.2, 0.25) is 5.02 Å². The summed E-state index contributed by atoms with van der Waals surface area (Å²) >= 11 is 13.0. The van der Waals surface area contributed by atoms with Gasteiger partial charge in [-0.2, -0.15) is 0 Å². The molecule has 0 aliphatic rings. The van der Waals surface area contributed by atoms with Crippen LogP contribution in [0, 0.1) is 0 Å². The second-order valence-corrected chi connectivity index (χ2v) is 5.44. The number of hydrogen-bond donors (Lipinski definition) is 0. The Labute approximate surface area is 128 Å². The van der Waals surface area contributed by atoms with E-state index in [1.807, 2.05) is 24.3 Å². The van der Waals surface area contributed by atoms with Gasteiger partial charge in [-0.25, -0.2) is 0 Å². The number of halogens is 3. The summed E-state index contributed by atoms with van der Waals surface area (Å²) in [6.45, 7) is 0.421. The maximum absolute atomic E-state index is 6.04. The minimum Gasteiger partial charge on any atom is -0.487 e. The van der Waals surface area contributed by atoms with Crippen LogP contribution >= 0.6 is 43.5 Å². The average molecular weight is 391 g/mol. The van der Waals surface area contributed by atoms with Gasteiger partial charge in [0.05, 0.1) is 9.50 Å². The van der Waals surface area contributed by atoms with Gasteiger partial charge in [-0.1, -0.05) is 39.7 Å². The molecule has 5 heteroatoms. The van der Waals surface area contributed by atoms with E-state index >= 15 is 0 Å². The first kappa shape index (κ1) is 13.8. The van der Waals surface area contributed by atoms with E-state index in [1.165, 1.54) is 0 Å². The molecule has 0 spiro atoms. The molecule has 0 aliphatic carbocycles. The number of ether oxygens (including phenoxy) is 1. The predicted octanol–water partition coefficient (Wildman–Crippen LogP) is 4.97. The lowest BCUT2D eigenvalue weighted by atomic mass is 10.2. The normalized spacial score (nSPS) is 10.4. The van der Waals surface area contributed by atoms with Crippen molar-refractivity contribution in [2.45, 2.75) is 11.9 Å². The highest BCUT2D eigenvalue weighted by Gasteiger charge is 2.08. The Hall–Kier alpha value is -0.580. The highest BCUT2D eigenvalue weighted by atomic mass is 79.9. The van der Waals surface area contributed by atoms with Crippen LogP contribution in [0.1, 0.15) is 11.1 Å². The molecule has 18 heavy (non-hydrogen) atoms. The Morgan fingerprint density at radius 2 is 2.06 bits per heavy atom. The van der Waals surface area contributed by atoms with Crippen LogP contribution in [-0.4, -0.2) is 4.98 Å². The number of hydrogen-bond acceptors (Lipinski definition) is 2. The van der Waals surface area contributed by atoms with Gasteiger partial charge >= 0.3 is 0 Å². The van der Waals surface area contributed by atoms with Crippen LogP contribution in [-0.2, 0) is 11.9 Å². The summed E-state index contributed by atoms with van der Waals surface area (Å²) in [7, 11) is 0. The number of rotatable bonds is 4. The van der Waals surface area contributed by atoms with E-state index in [9.17, 15) is 0 Å². The van der Waals surface area contributed by atoms with Gasteiger partial charge in [0.25, 0.3) is 0 Å². The van der Waals surface area contributed by atoms with E-state index in [2.05, 4.69) is 36.8 Å². The molecule has 0 saturated heterocycles. The Balaban J connectivity index is 2.18. The van der Waals surface area contributed by atoms with Gasteiger partial charge in [0.2, 0.25) is 0 Å². The van der Waals surface area contributed by atoms with Crippen molar-refractivity contribution in [1.29, 1.82) is 0 Å². The van der Waals surface area contributed by atoms with Gasteiger partial charge < -0.3 is 4.74 Å². The molecule has 0 aliphatic heterocycles. The van der Waals surface area contributed by atoms with Crippen molar-refractivity contribution in [1.82, 2.24) is 4.98 Å². The predicted molar refractivity (Wildman–Crippen MR) is 80.4 cm³/mol. The van der Waals surface area contributed by atoms with Crippen molar-refractivity contribution < 1.29 is 4.74 Å². The first-order chi connectivity index (χ1) is 8.72. The second kappa shape index (κ2) is 6.55. The number of pyridine rings is 1. The smallest absolute Gasteiger partial charge is 0.138 e. The zero-order valence-electron chi connectivity index (χ0n) is 9.37. The zero-order valence-corrected chi connectivity index (χ0v) is 13.3. The summed E-state index contributed by atoms with van der Waals surface area (Å²) in [6.07, 6.45) is 3.32. The van der Waals surface area contributed by atoms with Crippen LogP contribution in [0.4, 0.5) is 0 Å². The van der Waals surface area contributed by atoms with Crippen LogP contribution in [0.3, 0.4) is 0 Å². The van der Waals surface area contributed by atoms with E-state index in [0.29, 0.717) is 11.6 Å². The fourth-order valence-electron chi connectivity index (χ4n) is 1.49. The maximum atomic E-state index is 6.04. The third kappa shape index (κ3) is 3.25. The van der Waals surface area contributed by atoms with Crippen molar-refractivity contribution in [3.8, 4) is 5.75 Å². The molecule has 2 aromatic rings. The SMILES string of the molecule is Clc1cnccc1COc1c(Br)cccc1CBr. The lowest BCUT2D eigenvalue weighted by Gasteiger charge is -2.12. The van der Waals surface area contributed by atoms with Crippen molar-refractivity contribution in [3.05, 3.63) is 57.3 Å². The third-order valence-electron chi connectivity index (χ3n) is 2.42. The fourth-order valence-corrected chi connectivity index (χ4v) is 2.63. The zero-order chi connectivity index (χ0) is 13.0. The second-order valence-electron chi connectivity index (χ2n) is 3.62. The lowest BCUT2D eigenvalue weighted by Crippen LogP contribution is -1.99. The molecule has 0 atom stereocenters. The van der Waals surface area contributed by atoms with E-state index in [4.69, 9.17) is 16.3 Å². The Morgan fingerprint density at radius 3 is 2.78 bits per heavy atom. The quantitative estimate of drug-likeness (QED) is 0.687. The number of nitrogens with zero attached hydrogens (tertiary/aromatic N) is 1. The molecule has 0 unspecified atom stereocenters. The molecule has 94 valence electrons. The average Bonchev–Trinajstić information content (AvgIpc) is 2.39. The van der Waals surface area contributed by atoms with Crippen molar-refractivity contribution in [2.75, 3.05) is 0 Å². The van der Waals surface area contributed by atoms with Crippen molar-refractivity contribution in [2.24, 2.45) is 0 Å². The maximum Gasteiger partial charge on any atom is 0.138 e. The standard InChI is InChI=1S/C13H10Br2ClNO/c14-6-9-2-1-3-11(15)13(9)18-8-10-4-5-17-7-12(10)16/h1-5,7H,6,8H2. The van der Waals surface area contributed by atoms with E-state index < -0.39 is 0 Å². The molecule has 1 aromatic heterocycles. The molecule has 0 saturated carbocycles. The van der Waals surface area contributed by atoms with E-state index in [-0.39, 0.29) is 0 Å². The monoisotopic (exact) mass is 389 g/mol. The van der Waals surface area contributed by atoms with E-state index in [0.717, 1.165) is 26.7 Å². The lowest BCUT2D eigenvalue weighted by molar-refractivity contribution is 0.302. The molecule has 2 rings (SSSR count). The van der Waals surface area contributed by atoms with Crippen molar-refractivity contribution >= 4 is 43.5 Å². The molecule has 0 N–H and O–H groups in total. The van der Waals surface area contributed by atoms with E-state index in [1.54, 1.807) is 12.4 Å². The van der Waals surface area contributed by atoms with Crippen LogP contribution in [0.15, 0.2) is 41.1 Å². The van der Waals surface area contributed by atoms with Crippen molar-refractivity contribution in [3.63, 3.8) is 0 Å². The molecule has 0 radical (unpaired) electrons. The first-order valence-electron chi connectivity index (χ1n) is 5.27.